The van der Waals surface area contributed by atoms with Gasteiger partial charge in [-0.15, -0.1) is 0 Å². The highest BCUT2D eigenvalue weighted by Gasteiger charge is 2.54. The minimum absolute atomic E-state index is 0.0471. The van der Waals surface area contributed by atoms with E-state index in [0.717, 1.165) is 56.5 Å². The Morgan fingerprint density at radius 1 is 0.436 bits per heavy atom. The quantitative estimate of drug-likeness (QED) is 0.182. The number of sulfone groups is 1. The van der Waals surface area contributed by atoms with Gasteiger partial charge in [-0.25, -0.2) is 8.42 Å². The molecule has 8 aromatic carbocycles. The molecule has 3 heteroatoms. The molecule has 55 heavy (non-hydrogen) atoms. The van der Waals surface area contributed by atoms with Crippen LogP contribution in [-0.4, -0.2) is 8.42 Å². The highest BCUT2D eigenvalue weighted by Crippen LogP contribution is 2.62. The number of benzene rings is 8. The summed E-state index contributed by atoms with van der Waals surface area (Å²) in [6.07, 6.45) is 1.39. The van der Waals surface area contributed by atoms with Gasteiger partial charge in [0.2, 0.25) is 9.84 Å². The van der Waals surface area contributed by atoms with Gasteiger partial charge in [-0.2, -0.15) is 0 Å². The zero-order chi connectivity index (χ0) is 36.7. The van der Waals surface area contributed by atoms with Crippen molar-refractivity contribution in [3.63, 3.8) is 0 Å². The normalized spacial score (nSPS) is 16.5. The van der Waals surface area contributed by atoms with Gasteiger partial charge in [0.25, 0.3) is 0 Å². The molecule has 2 nitrogen and oxygen atoms in total. The van der Waals surface area contributed by atoms with Gasteiger partial charge in [0.15, 0.2) is 0 Å². The van der Waals surface area contributed by atoms with Gasteiger partial charge in [0.1, 0.15) is 0 Å². The largest absolute Gasteiger partial charge is 0.218 e. The zero-order valence-corrected chi connectivity index (χ0v) is 30.9. The van der Waals surface area contributed by atoms with Gasteiger partial charge >= 0.3 is 0 Å². The molecule has 1 aliphatic heterocycles. The summed E-state index contributed by atoms with van der Waals surface area (Å²) in [6, 6.07) is 66.1. The molecule has 0 radical (unpaired) electrons. The molecule has 0 bridgehead atoms. The van der Waals surface area contributed by atoms with E-state index in [0.29, 0.717) is 16.2 Å². The number of hydrogen-bond acceptors (Lipinski definition) is 2. The summed E-state index contributed by atoms with van der Waals surface area (Å²) in [4.78, 5) is 0.883. The van der Waals surface area contributed by atoms with Crippen LogP contribution in [0.4, 0.5) is 0 Å². The molecular weight excluding hydrogens is 689 g/mol. The van der Waals surface area contributed by atoms with Gasteiger partial charge in [-0.3, -0.25) is 0 Å². The molecule has 0 saturated carbocycles. The molecule has 2 aliphatic carbocycles. The SMILES string of the molecule is O=S1(=O)c2ccccc2C2(c3ccccc3-c3ccccc32)c2ccc3c(c21)CCC(c1cc(-c2ccccc2)cc(-c2ccccc2)c1)c1ccccc1-3. The maximum absolute atomic E-state index is 15.3. The Morgan fingerprint density at radius 3 is 1.60 bits per heavy atom. The van der Waals surface area contributed by atoms with E-state index in [-0.39, 0.29) is 5.92 Å². The molecule has 0 saturated heterocycles. The maximum atomic E-state index is 15.3. The Balaban J connectivity index is 1.16. The van der Waals surface area contributed by atoms with Crippen LogP contribution >= 0.6 is 0 Å². The summed E-state index contributed by atoms with van der Waals surface area (Å²) < 4.78 is 30.6. The average molecular weight is 725 g/mol. The van der Waals surface area contributed by atoms with E-state index in [4.69, 9.17) is 0 Å². The Morgan fingerprint density at radius 2 is 0.964 bits per heavy atom. The van der Waals surface area contributed by atoms with Crippen LogP contribution in [0.5, 0.6) is 0 Å². The number of rotatable bonds is 3. The average Bonchev–Trinajstić information content (AvgIpc) is 3.43. The fourth-order valence-corrected chi connectivity index (χ4v) is 12.1. The number of fused-ring (bicyclic) bond motifs is 13. The molecule has 8 aromatic rings. The van der Waals surface area contributed by atoms with Crippen molar-refractivity contribution in [2.45, 2.75) is 34.0 Å². The van der Waals surface area contributed by atoms with Crippen molar-refractivity contribution >= 4 is 9.84 Å². The zero-order valence-electron chi connectivity index (χ0n) is 30.1. The van der Waals surface area contributed by atoms with Crippen LogP contribution in [0.25, 0.3) is 44.5 Å². The van der Waals surface area contributed by atoms with Gasteiger partial charge < -0.3 is 0 Å². The minimum Gasteiger partial charge on any atom is -0.218 e. The summed E-state index contributed by atoms with van der Waals surface area (Å²) in [5.41, 5.74) is 15.7. The summed E-state index contributed by atoms with van der Waals surface area (Å²) in [5, 5.41) is 0. The molecule has 1 spiro atoms. The van der Waals surface area contributed by atoms with E-state index in [9.17, 15) is 0 Å². The summed E-state index contributed by atoms with van der Waals surface area (Å²) >= 11 is 0. The first-order chi connectivity index (χ1) is 27.0. The van der Waals surface area contributed by atoms with Crippen molar-refractivity contribution in [3.8, 4) is 44.5 Å². The van der Waals surface area contributed by atoms with Crippen molar-refractivity contribution < 1.29 is 8.42 Å². The lowest BCUT2D eigenvalue weighted by Gasteiger charge is -2.40. The Hall–Kier alpha value is -6.29. The monoisotopic (exact) mass is 724 g/mol. The predicted octanol–water partition coefficient (Wildman–Crippen LogP) is 12.3. The fourth-order valence-electron chi connectivity index (χ4n) is 10.1. The van der Waals surface area contributed by atoms with E-state index in [1.54, 1.807) is 0 Å². The molecule has 1 unspecified atom stereocenters. The Labute approximate surface area is 322 Å². The van der Waals surface area contributed by atoms with Crippen LogP contribution in [0.3, 0.4) is 0 Å². The molecular formula is C52H36O2S. The highest BCUT2D eigenvalue weighted by molar-refractivity contribution is 7.91. The molecule has 0 amide bonds. The molecule has 0 N–H and O–H groups in total. The molecule has 262 valence electrons. The van der Waals surface area contributed by atoms with Crippen LogP contribution in [0.2, 0.25) is 0 Å². The number of hydrogen-bond donors (Lipinski definition) is 0. The van der Waals surface area contributed by atoms with Crippen molar-refractivity contribution in [3.05, 3.63) is 227 Å². The standard InChI is InChI=1S/C52H36O2S/c53-55(54)50-26-14-13-25-48(50)52(46-23-11-9-21-43(46)44-22-10-12-24-47(44)52)49-30-29-42-41-20-8-7-19-40(41)39(27-28-45(42)51(49)55)38-32-36(34-15-3-1-4-16-34)31-37(33-38)35-17-5-2-6-18-35/h1-26,29-33,39H,27-28H2. The first-order valence-corrected chi connectivity index (χ1v) is 20.6. The third-order valence-corrected chi connectivity index (χ3v) is 14.3. The van der Waals surface area contributed by atoms with E-state index in [1.807, 2.05) is 24.3 Å². The first-order valence-electron chi connectivity index (χ1n) is 19.1. The van der Waals surface area contributed by atoms with Crippen molar-refractivity contribution in [2.24, 2.45) is 0 Å². The van der Waals surface area contributed by atoms with Crippen molar-refractivity contribution in [1.82, 2.24) is 0 Å². The fraction of sp³-hybridized carbons (Fsp3) is 0.0769. The first kappa shape index (κ1) is 32.2. The predicted molar refractivity (Wildman–Crippen MR) is 222 cm³/mol. The second kappa shape index (κ2) is 12.1. The summed E-state index contributed by atoms with van der Waals surface area (Å²) in [7, 11) is -3.90. The van der Waals surface area contributed by atoms with E-state index >= 15 is 8.42 Å². The van der Waals surface area contributed by atoms with Gasteiger partial charge in [-0.1, -0.05) is 176 Å². The molecule has 1 atom stereocenters. The summed E-state index contributed by atoms with van der Waals surface area (Å²) in [5.74, 6) is 0.0471. The Kier molecular flexibility index (Phi) is 7.08. The second-order valence-electron chi connectivity index (χ2n) is 15.1. The third-order valence-electron chi connectivity index (χ3n) is 12.3. The lowest BCUT2D eigenvalue weighted by Crippen LogP contribution is -2.36. The second-order valence-corrected chi connectivity index (χ2v) is 16.9. The molecule has 11 rings (SSSR count). The van der Waals surface area contributed by atoms with E-state index in [1.165, 1.54) is 33.4 Å². The van der Waals surface area contributed by atoms with Gasteiger partial charge in [0.05, 0.1) is 15.2 Å². The van der Waals surface area contributed by atoms with E-state index in [2.05, 4.69) is 164 Å². The van der Waals surface area contributed by atoms with Gasteiger partial charge in [0, 0.05) is 5.92 Å². The molecule has 3 aliphatic rings. The lowest BCUT2D eigenvalue weighted by molar-refractivity contribution is 0.577. The molecule has 0 aromatic heterocycles. The van der Waals surface area contributed by atoms with Gasteiger partial charge in [-0.05, 0) is 108 Å². The maximum Gasteiger partial charge on any atom is 0.207 e. The minimum atomic E-state index is -3.90. The Bertz CT molecular complexity index is 2840. The lowest BCUT2D eigenvalue weighted by atomic mass is 9.66. The van der Waals surface area contributed by atoms with Crippen molar-refractivity contribution in [1.29, 1.82) is 0 Å². The van der Waals surface area contributed by atoms with Crippen LogP contribution < -0.4 is 0 Å². The summed E-state index contributed by atoms with van der Waals surface area (Å²) in [6.45, 7) is 0. The van der Waals surface area contributed by atoms with E-state index < -0.39 is 15.3 Å². The third kappa shape index (κ3) is 4.57. The smallest absolute Gasteiger partial charge is 0.207 e. The van der Waals surface area contributed by atoms with Crippen LogP contribution in [-0.2, 0) is 21.7 Å². The molecule has 1 heterocycles. The van der Waals surface area contributed by atoms with Crippen LogP contribution in [0.1, 0.15) is 51.3 Å². The highest BCUT2D eigenvalue weighted by atomic mass is 32.2. The van der Waals surface area contributed by atoms with Crippen molar-refractivity contribution in [2.75, 3.05) is 0 Å². The van der Waals surface area contributed by atoms with Crippen LogP contribution in [0, 0.1) is 0 Å². The molecule has 0 fully saturated rings. The topological polar surface area (TPSA) is 34.1 Å². The van der Waals surface area contributed by atoms with Crippen LogP contribution in [0.15, 0.2) is 198 Å².